The van der Waals surface area contributed by atoms with Gasteiger partial charge in [-0.1, -0.05) is 6.07 Å². The number of aliphatic imine (C=N–C) groups is 1. The van der Waals surface area contributed by atoms with E-state index < -0.39 is 17.6 Å². The van der Waals surface area contributed by atoms with E-state index in [1.165, 1.54) is 17.0 Å². The molecule has 26 heavy (non-hydrogen) atoms. The molecule has 144 valence electrons. The summed E-state index contributed by atoms with van der Waals surface area (Å²) in [5.41, 5.74) is -0.985. The molecular formula is C18H25F3N3O2+. The number of carbonyl (C=O) groups is 1. The van der Waals surface area contributed by atoms with Gasteiger partial charge in [-0.15, -0.1) is 0 Å². The molecule has 1 aliphatic heterocycles. The van der Waals surface area contributed by atoms with Gasteiger partial charge in [0.05, 0.1) is 32.3 Å². The molecule has 1 saturated heterocycles. The Bertz CT molecular complexity index is 653. The summed E-state index contributed by atoms with van der Waals surface area (Å²) in [6.45, 7) is 4.11. The number of hydrogen-bond donors (Lipinski definition) is 1. The van der Waals surface area contributed by atoms with Crippen LogP contribution >= 0.6 is 0 Å². The zero-order valence-electron chi connectivity index (χ0n) is 15.3. The van der Waals surface area contributed by atoms with E-state index in [2.05, 4.69) is 12.0 Å². The first-order valence-electron chi connectivity index (χ1n) is 8.69. The average molecular weight is 372 g/mol. The number of ether oxygens (including phenoxy) is 1. The first kappa shape index (κ1) is 20.2. The Morgan fingerprint density at radius 3 is 2.58 bits per heavy atom. The standard InChI is InChI=1S/C18H24F3N3O2/c1-4-26-17(24(3)15-8-10-23(2)11-9-15)22-16(25)13-6-5-7-14(12-13)18(19,20)21/h5-7,12,15H,4,8-11H2,1-3H3/p+1. The second-order valence-corrected chi connectivity index (χ2v) is 6.51. The summed E-state index contributed by atoms with van der Waals surface area (Å²) in [6.07, 6.45) is -2.63. The van der Waals surface area contributed by atoms with Crippen molar-refractivity contribution in [3.05, 3.63) is 35.4 Å². The molecule has 1 aromatic carbocycles. The number of quaternary nitrogens is 1. The molecule has 0 atom stereocenters. The van der Waals surface area contributed by atoms with E-state index in [-0.39, 0.29) is 17.6 Å². The van der Waals surface area contributed by atoms with Crippen LogP contribution in [-0.4, -0.2) is 56.7 Å². The number of piperidine rings is 1. The summed E-state index contributed by atoms with van der Waals surface area (Å²) in [6, 6.07) is 4.61. The molecule has 1 heterocycles. The van der Waals surface area contributed by atoms with Gasteiger partial charge in [-0.25, -0.2) is 0 Å². The van der Waals surface area contributed by atoms with Crippen LogP contribution < -0.4 is 4.90 Å². The molecule has 0 aliphatic carbocycles. The van der Waals surface area contributed by atoms with Crippen LogP contribution in [0.25, 0.3) is 0 Å². The lowest BCUT2D eigenvalue weighted by atomic mass is 10.0. The number of benzene rings is 1. The maximum absolute atomic E-state index is 12.8. The summed E-state index contributed by atoms with van der Waals surface area (Å²) >= 11 is 0. The molecular weight excluding hydrogens is 347 g/mol. The second kappa shape index (κ2) is 8.53. The Morgan fingerprint density at radius 1 is 1.35 bits per heavy atom. The molecule has 0 aromatic heterocycles. The van der Waals surface area contributed by atoms with E-state index in [1.807, 2.05) is 4.90 Å². The first-order chi connectivity index (χ1) is 12.2. The Kier molecular flexibility index (Phi) is 6.63. The van der Waals surface area contributed by atoms with Crippen LogP contribution in [0.1, 0.15) is 35.7 Å². The minimum atomic E-state index is -4.50. The molecule has 8 heteroatoms. The van der Waals surface area contributed by atoms with E-state index in [0.29, 0.717) is 6.61 Å². The number of hydrogen-bond acceptors (Lipinski definition) is 2. The summed E-state index contributed by atoms with van der Waals surface area (Å²) in [4.78, 5) is 19.6. The maximum Gasteiger partial charge on any atom is 0.416 e. The summed E-state index contributed by atoms with van der Waals surface area (Å²) < 4.78 is 44.0. The summed E-state index contributed by atoms with van der Waals surface area (Å²) in [5, 5.41) is 0. The number of rotatable bonds is 3. The number of nitrogens with zero attached hydrogens (tertiary/aromatic N) is 2. The Hall–Kier alpha value is -2.09. The van der Waals surface area contributed by atoms with Gasteiger partial charge < -0.3 is 14.5 Å². The number of halogens is 3. The topological polar surface area (TPSA) is 46.3 Å². The highest BCUT2D eigenvalue weighted by Crippen LogP contribution is 2.29. The van der Waals surface area contributed by atoms with Crippen LogP contribution in [0.15, 0.2) is 29.3 Å². The van der Waals surface area contributed by atoms with Crippen molar-refractivity contribution < 1.29 is 27.6 Å². The van der Waals surface area contributed by atoms with Crippen LogP contribution in [0, 0.1) is 0 Å². The molecule has 1 N–H and O–H groups in total. The van der Waals surface area contributed by atoms with E-state index in [4.69, 9.17) is 4.74 Å². The third-order valence-corrected chi connectivity index (χ3v) is 4.57. The molecule has 5 nitrogen and oxygen atoms in total. The summed E-state index contributed by atoms with van der Waals surface area (Å²) in [7, 11) is 3.93. The quantitative estimate of drug-likeness (QED) is 0.651. The lowest BCUT2D eigenvalue weighted by Crippen LogP contribution is -3.10. The molecule has 0 radical (unpaired) electrons. The fourth-order valence-corrected chi connectivity index (χ4v) is 2.96. The highest BCUT2D eigenvalue weighted by atomic mass is 19.4. The summed E-state index contributed by atoms with van der Waals surface area (Å²) in [5.74, 6) is -0.745. The average Bonchev–Trinajstić information content (AvgIpc) is 2.60. The van der Waals surface area contributed by atoms with Gasteiger partial charge in [-0.05, 0) is 25.1 Å². The fourth-order valence-electron chi connectivity index (χ4n) is 2.96. The Balaban J connectivity index is 2.20. The van der Waals surface area contributed by atoms with Gasteiger partial charge in [0.2, 0.25) is 0 Å². The molecule has 0 unspecified atom stereocenters. The van der Waals surface area contributed by atoms with E-state index in [1.54, 1.807) is 14.0 Å². The number of amides is 1. The van der Waals surface area contributed by atoms with Crippen LogP contribution in [-0.2, 0) is 10.9 Å². The number of likely N-dealkylation sites (tertiary alicyclic amines) is 1. The SMILES string of the molecule is CCOC(=NC(=O)c1cccc(C(F)(F)F)c1)N(C)C1CC[NH+](C)CC1. The molecule has 1 aliphatic rings. The Morgan fingerprint density at radius 2 is 2.00 bits per heavy atom. The lowest BCUT2D eigenvalue weighted by molar-refractivity contribution is -0.885. The zero-order chi connectivity index (χ0) is 19.3. The maximum atomic E-state index is 12.8. The van der Waals surface area contributed by atoms with Crippen LogP contribution in [0.2, 0.25) is 0 Å². The van der Waals surface area contributed by atoms with E-state index >= 15 is 0 Å². The van der Waals surface area contributed by atoms with Crippen LogP contribution in [0.4, 0.5) is 13.2 Å². The number of amidine groups is 1. The number of carbonyl (C=O) groups excluding carboxylic acids is 1. The highest BCUT2D eigenvalue weighted by molar-refractivity contribution is 6.01. The molecule has 2 rings (SSSR count). The van der Waals surface area contributed by atoms with E-state index in [9.17, 15) is 18.0 Å². The van der Waals surface area contributed by atoms with Crippen molar-refractivity contribution in [2.45, 2.75) is 32.0 Å². The van der Waals surface area contributed by atoms with Gasteiger partial charge in [-0.3, -0.25) is 4.79 Å². The number of alkyl halides is 3. The largest absolute Gasteiger partial charge is 0.465 e. The number of nitrogens with one attached hydrogen (secondary N) is 1. The van der Waals surface area contributed by atoms with Crippen LogP contribution in [0.3, 0.4) is 0 Å². The van der Waals surface area contributed by atoms with Gasteiger partial charge in [0, 0.05) is 31.5 Å². The Labute approximate surface area is 151 Å². The van der Waals surface area contributed by atoms with Gasteiger partial charge in [-0.2, -0.15) is 18.2 Å². The highest BCUT2D eigenvalue weighted by Gasteiger charge is 2.31. The van der Waals surface area contributed by atoms with Gasteiger partial charge in [0.1, 0.15) is 0 Å². The smallest absolute Gasteiger partial charge is 0.416 e. The monoisotopic (exact) mass is 372 g/mol. The van der Waals surface area contributed by atoms with Crippen molar-refractivity contribution in [3.8, 4) is 0 Å². The van der Waals surface area contributed by atoms with Crippen molar-refractivity contribution in [1.82, 2.24) is 4.90 Å². The van der Waals surface area contributed by atoms with E-state index in [0.717, 1.165) is 38.1 Å². The zero-order valence-corrected chi connectivity index (χ0v) is 15.3. The minimum Gasteiger partial charge on any atom is -0.465 e. The van der Waals surface area contributed by atoms with Crippen molar-refractivity contribution in [2.24, 2.45) is 4.99 Å². The first-order valence-corrected chi connectivity index (χ1v) is 8.69. The van der Waals surface area contributed by atoms with Gasteiger partial charge >= 0.3 is 6.18 Å². The van der Waals surface area contributed by atoms with Crippen molar-refractivity contribution in [2.75, 3.05) is 33.8 Å². The minimum absolute atomic E-state index is 0.113. The molecule has 1 aromatic rings. The second-order valence-electron chi connectivity index (χ2n) is 6.51. The van der Waals surface area contributed by atoms with Crippen molar-refractivity contribution in [3.63, 3.8) is 0 Å². The molecule has 0 bridgehead atoms. The van der Waals surface area contributed by atoms with Gasteiger partial charge in [0.25, 0.3) is 11.9 Å². The van der Waals surface area contributed by atoms with Crippen molar-refractivity contribution >= 4 is 11.9 Å². The predicted octanol–water partition coefficient (Wildman–Crippen LogP) is 1.85. The molecule has 1 amide bonds. The van der Waals surface area contributed by atoms with Crippen molar-refractivity contribution in [1.29, 1.82) is 0 Å². The molecule has 0 spiro atoms. The normalized spacial score (nSPS) is 21.4. The lowest BCUT2D eigenvalue weighted by Gasteiger charge is -2.34. The predicted molar refractivity (Wildman–Crippen MR) is 92.2 cm³/mol. The van der Waals surface area contributed by atoms with Crippen LogP contribution in [0.5, 0.6) is 0 Å². The third kappa shape index (κ3) is 5.20. The molecule has 0 saturated carbocycles. The van der Waals surface area contributed by atoms with Gasteiger partial charge in [0.15, 0.2) is 0 Å². The fraction of sp³-hybridized carbons (Fsp3) is 0.556. The molecule has 1 fully saturated rings. The third-order valence-electron chi connectivity index (χ3n) is 4.57.